The van der Waals surface area contributed by atoms with Crippen molar-refractivity contribution < 1.29 is 27.5 Å². The van der Waals surface area contributed by atoms with Gasteiger partial charge in [-0.1, -0.05) is 17.7 Å². The highest BCUT2D eigenvalue weighted by Gasteiger charge is 2.33. The van der Waals surface area contributed by atoms with Gasteiger partial charge in [-0.15, -0.1) is 0 Å². The highest BCUT2D eigenvalue weighted by atomic mass is 35.5. The molecule has 0 bridgehead atoms. The molecule has 3 amide bonds. The van der Waals surface area contributed by atoms with Gasteiger partial charge in [0.05, 0.1) is 10.6 Å². The van der Waals surface area contributed by atoms with Crippen molar-refractivity contribution in [1.82, 2.24) is 9.88 Å². The first kappa shape index (κ1) is 24.3. The van der Waals surface area contributed by atoms with Gasteiger partial charge >= 0.3 is 12.2 Å². The van der Waals surface area contributed by atoms with Crippen LogP contribution in [0.5, 0.6) is 11.5 Å². The number of hydrogen-bond donors (Lipinski definition) is 2. The van der Waals surface area contributed by atoms with E-state index in [9.17, 15) is 22.8 Å². The Hall–Kier alpha value is -3.79. The Morgan fingerprint density at radius 3 is 2.54 bits per heavy atom. The van der Waals surface area contributed by atoms with Crippen LogP contribution in [0.4, 0.5) is 29.5 Å². The van der Waals surface area contributed by atoms with Gasteiger partial charge in [0.25, 0.3) is 0 Å². The highest BCUT2D eigenvalue weighted by Crippen LogP contribution is 2.36. The number of benzene rings is 2. The molecule has 0 radical (unpaired) electrons. The lowest BCUT2D eigenvalue weighted by Gasteiger charge is -2.29. The summed E-state index contributed by atoms with van der Waals surface area (Å²) in [5, 5.41) is 4.66. The predicted octanol–water partition coefficient (Wildman–Crippen LogP) is 6.09. The summed E-state index contributed by atoms with van der Waals surface area (Å²) in [6.07, 6.45) is -2.54. The monoisotopic (exact) mass is 504 g/mol. The van der Waals surface area contributed by atoms with Gasteiger partial charge in [-0.2, -0.15) is 13.2 Å². The molecule has 7 nitrogen and oxygen atoms in total. The molecule has 2 heterocycles. The number of ether oxygens (including phenoxy) is 1. The zero-order valence-corrected chi connectivity index (χ0v) is 19.2. The number of urea groups is 1. The maximum Gasteiger partial charge on any atom is 0.417 e. The lowest BCUT2D eigenvalue weighted by Crippen LogP contribution is -2.38. The van der Waals surface area contributed by atoms with Crippen LogP contribution in [0, 0.1) is 0 Å². The van der Waals surface area contributed by atoms with Crippen LogP contribution in [-0.4, -0.2) is 28.4 Å². The van der Waals surface area contributed by atoms with Crippen molar-refractivity contribution in [2.45, 2.75) is 26.1 Å². The summed E-state index contributed by atoms with van der Waals surface area (Å²) < 4.78 is 45.2. The van der Waals surface area contributed by atoms with Crippen molar-refractivity contribution in [2.75, 3.05) is 17.2 Å². The summed E-state index contributed by atoms with van der Waals surface area (Å²) in [6.45, 7) is 2.04. The molecule has 1 aromatic heterocycles. The molecule has 0 atom stereocenters. The van der Waals surface area contributed by atoms with E-state index in [4.69, 9.17) is 16.3 Å². The lowest BCUT2D eigenvalue weighted by atomic mass is 10.00. The van der Waals surface area contributed by atoms with E-state index < -0.39 is 22.8 Å². The van der Waals surface area contributed by atoms with Gasteiger partial charge < -0.3 is 20.3 Å². The molecule has 0 aliphatic carbocycles. The van der Waals surface area contributed by atoms with Crippen LogP contribution in [0.1, 0.15) is 23.6 Å². The number of nitrogens with one attached hydrogen (secondary N) is 2. The number of rotatable bonds is 4. The lowest BCUT2D eigenvalue weighted by molar-refractivity contribution is -0.137. The quantitative estimate of drug-likeness (QED) is 0.450. The summed E-state index contributed by atoms with van der Waals surface area (Å²) in [7, 11) is 0. The maximum absolute atomic E-state index is 13.1. The third-order valence-electron chi connectivity index (χ3n) is 5.27. The normalized spacial score (nSPS) is 13.1. The fourth-order valence-electron chi connectivity index (χ4n) is 3.65. The average molecular weight is 505 g/mol. The summed E-state index contributed by atoms with van der Waals surface area (Å²) in [5.74, 6) is 1.09. The number of carbonyl (C=O) groups is 2. The fraction of sp³-hybridized carbons (Fsp3) is 0.208. The van der Waals surface area contributed by atoms with E-state index in [1.165, 1.54) is 24.1 Å². The number of alkyl halides is 3. The van der Waals surface area contributed by atoms with Crippen molar-refractivity contribution in [3.05, 3.63) is 76.4 Å². The molecule has 35 heavy (non-hydrogen) atoms. The molecule has 0 spiro atoms. The van der Waals surface area contributed by atoms with Crippen LogP contribution >= 0.6 is 11.6 Å². The van der Waals surface area contributed by atoms with Crippen molar-refractivity contribution in [3.8, 4) is 11.5 Å². The SMILES string of the molecule is CC(=O)Nc1cc(Oc2ccc3c(c2)CN(C(=O)Nc2ccc(Cl)c(C(F)(F)F)c2)CC3)ccn1. The van der Waals surface area contributed by atoms with E-state index in [1.54, 1.807) is 24.3 Å². The molecule has 2 N–H and O–H groups in total. The van der Waals surface area contributed by atoms with Crippen molar-refractivity contribution in [2.24, 2.45) is 0 Å². The molecule has 4 rings (SSSR count). The second kappa shape index (κ2) is 9.83. The van der Waals surface area contributed by atoms with E-state index in [0.717, 1.165) is 23.3 Å². The number of halogens is 4. The minimum atomic E-state index is -4.63. The molecule has 182 valence electrons. The maximum atomic E-state index is 13.1. The number of pyridine rings is 1. The number of anilines is 2. The van der Waals surface area contributed by atoms with Gasteiger partial charge in [0.2, 0.25) is 5.91 Å². The minimum absolute atomic E-state index is 0.00210. The summed E-state index contributed by atoms with van der Waals surface area (Å²) in [5.41, 5.74) is 0.885. The largest absolute Gasteiger partial charge is 0.457 e. The Balaban J connectivity index is 1.46. The van der Waals surface area contributed by atoms with Crippen molar-refractivity contribution in [1.29, 1.82) is 0 Å². The van der Waals surface area contributed by atoms with Crippen LogP contribution in [0.2, 0.25) is 5.02 Å². The second-order valence-electron chi connectivity index (χ2n) is 7.88. The first-order valence-corrected chi connectivity index (χ1v) is 10.9. The van der Waals surface area contributed by atoms with Crippen LogP contribution in [0.25, 0.3) is 0 Å². The van der Waals surface area contributed by atoms with Crippen molar-refractivity contribution in [3.63, 3.8) is 0 Å². The van der Waals surface area contributed by atoms with Crippen LogP contribution in [-0.2, 0) is 23.9 Å². The Morgan fingerprint density at radius 1 is 1.03 bits per heavy atom. The first-order valence-electron chi connectivity index (χ1n) is 10.5. The molecule has 3 aromatic rings. The summed E-state index contributed by atoms with van der Waals surface area (Å²) >= 11 is 5.65. The predicted molar refractivity (Wildman–Crippen MR) is 125 cm³/mol. The van der Waals surface area contributed by atoms with E-state index in [2.05, 4.69) is 15.6 Å². The Morgan fingerprint density at radius 2 is 1.80 bits per heavy atom. The van der Waals surface area contributed by atoms with Gasteiger partial charge in [-0.25, -0.2) is 9.78 Å². The number of fused-ring (bicyclic) bond motifs is 1. The smallest absolute Gasteiger partial charge is 0.417 e. The zero-order valence-electron chi connectivity index (χ0n) is 18.4. The van der Waals surface area contributed by atoms with Crippen LogP contribution in [0.15, 0.2) is 54.7 Å². The average Bonchev–Trinajstić information content (AvgIpc) is 2.79. The van der Waals surface area contributed by atoms with Crippen LogP contribution in [0.3, 0.4) is 0 Å². The molecule has 1 aliphatic heterocycles. The molecular weight excluding hydrogens is 485 g/mol. The zero-order chi connectivity index (χ0) is 25.2. The minimum Gasteiger partial charge on any atom is -0.457 e. The first-order chi connectivity index (χ1) is 16.6. The van der Waals surface area contributed by atoms with Gasteiger partial charge in [0, 0.05) is 38.0 Å². The second-order valence-corrected chi connectivity index (χ2v) is 8.29. The van der Waals surface area contributed by atoms with E-state index in [0.29, 0.717) is 30.3 Å². The molecule has 0 fully saturated rings. The Kier molecular flexibility index (Phi) is 6.83. The number of carbonyl (C=O) groups excluding carboxylic acids is 2. The van der Waals surface area contributed by atoms with E-state index in [-0.39, 0.29) is 18.1 Å². The number of nitrogens with zero attached hydrogens (tertiary/aromatic N) is 2. The molecule has 0 saturated heterocycles. The van der Waals surface area contributed by atoms with Gasteiger partial charge in [-0.3, -0.25) is 4.79 Å². The summed E-state index contributed by atoms with van der Waals surface area (Å²) in [4.78, 5) is 29.5. The molecule has 1 aliphatic rings. The van der Waals surface area contributed by atoms with E-state index in [1.807, 2.05) is 6.07 Å². The van der Waals surface area contributed by atoms with Crippen molar-refractivity contribution >= 4 is 35.0 Å². The molecule has 11 heteroatoms. The van der Waals surface area contributed by atoms with Gasteiger partial charge in [0.15, 0.2) is 0 Å². The number of amides is 3. The Labute approximate surface area is 203 Å². The van der Waals surface area contributed by atoms with E-state index >= 15 is 0 Å². The third kappa shape index (κ3) is 6.02. The standard InChI is InChI=1S/C24H20ClF3N4O3/c1-14(33)30-22-12-19(6-8-29-22)35-18-4-2-15-7-9-32(13-16(15)10-18)23(34)31-17-3-5-21(25)20(11-17)24(26,27)28/h2-6,8,10-12H,7,9,13H2,1H3,(H,31,34)(H,29,30,33). The summed E-state index contributed by atoms with van der Waals surface area (Å²) in [6, 6.07) is 11.5. The fourth-order valence-corrected chi connectivity index (χ4v) is 3.88. The number of hydrogen-bond acceptors (Lipinski definition) is 4. The van der Waals surface area contributed by atoms with Gasteiger partial charge in [0.1, 0.15) is 17.3 Å². The third-order valence-corrected chi connectivity index (χ3v) is 5.60. The van der Waals surface area contributed by atoms with Crippen LogP contribution < -0.4 is 15.4 Å². The molecule has 0 unspecified atom stereocenters. The molecule has 0 saturated carbocycles. The highest BCUT2D eigenvalue weighted by molar-refractivity contribution is 6.31. The topological polar surface area (TPSA) is 83.6 Å². The number of aromatic nitrogens is 1. The molecule has 2 aromatic carbocycles. The molecular formula is C24H20ClF3N4O3. The van der Waals surface area contributed by atoms with Gasteiger partial charge in [-0.05, 0) is 53.9 Å². The Bertz CT molecular complexity index is 1280.